The molecule has 0 spiro atoms. The fourth-order valence-corrected chi connectivity index (χ4v) is 2.45. The Morgan fingerprint density at radius 3 is 2.65 bits per heavy atom. The van der Waals surface area contributed by atoms with Crippen LogP contribution in [-0.4, -0.2) is 43.9 Å². The third kappa shape index (κ3) is 2.51. The topological polar surface area (TPSA) is 74.0 Å². The number of piperidine rings is 1. The maximum Gasteiger partial charge on any atom is 0.340 e. The summed E-state index contributed by atoms with van der Waals surface area (Å²) in [6, 6.07) is 3.20. The van der Waals surface area contributed by atoms with Crippen LogP contribution in [0, 0.1) is 0 Å². The van der Waals surface area contributed by atoms with Gasteiger partial charge in [-0.1, -0.05) is 0 Å². The van der Waals surface area contributed by atoms with Crippen LogP contribution in [0.3, 0.4) is 0 Å². The van der Waals surface area contributed by atoms with Crippen LogP contribution < -0.4 is 15.2 Å². The lowest BCUT2D eigenvalue weighted by Gasteiger charge is -2.28. The minimum absolute atomic E-state index is 0.0384. The molecule has 1 fully saturated rings. The molecule has 1 saturated heterocycles. The summed E-state index contributed by atoms with van der Waals surface area (Å²) in [5, 5.41) is 0. The zero-order chi connectivity index (χ0) is 14.1. The number of ether oxygens (including phenoxy) is 3. The zero-order valence-corrected chi connectivity index (χ0v) is 11.4. The molecule has 3 rings (SSSR count). The predicted octanol–water partition coefficient (Wildman–Crippen LogP) is 1.25. The van der Waals surface area contributed by atoms with Crippen molar-refractivity contribution in [3.8, 4) is 11.5 Å². The van der Waals surface area contributed by atoms with Crippen molar-refractivity contribution >= 4 is 11.7 Å². The molecular formula is C14H18N2O4. The van der Waals surface area contributed by atoms with Gasteiger partial charge in [-0.3, -0.25) is 0 Å². The first kappa shape index (κ1) is 13.1. The second-order valence-corrected chi connectivity index (χ2v) is 5.20. The second-order valence-electron chi connectivity index (χ2n) is 5.20. The van der Waals surface area contributed by atoms with Crippen molar-refractivity contribution in [2.75, 3.05) is 32.7 Å². The van der Waals surface area contributed by atoms with Gasteiger partial charge in [-0.15, -0.1) is 0 Å². The highest BCUT2D eigenvalue weighted by atomic mass is 16.7. The molecule has 0 saturated carbocycles. The Labute approximate surface area is 117 Å². The normalized spacial score (nSPS) is 19.1. The first-order chi connectivity index (χ1) is 9.63. The molecule has 0 bridgehead atoms. The molecule has 0 aromatic heterocycles. The van der Waals surface area contributed by atoms with Gasteiger partial charge in [-0.2, -0.15) is 0 Å². The number of esters is 1. The summed E-state index contributed by atoms with van der Waals surface area (Å²) in [6.45, 7) is 2.03. The Kier molecular flexibility index (Phi) is 3.40. The molecule has 6 heteroatoms. The van der Waals surface area contributed by atoms with Crippen molar-refractivity contribution in [1.82, 2.24) is 4.90 Å². The second kappa shape index (κ2) is 5.20. The number of nitrogens with zero attached hydrogens (tertiary/aromatic N) is 1. The summed E-state index contributed by atoms with van der Waals surface area (Å²) in [6.07, 6.45) is 1.67. The van der Waals surface area contributed by atoms with Gasteiger partial charge in [0.2, 0.25) is 6.79 Å². The molecule has 0 unspecified atom stereocenters. The van der Waals surface area contributed by atoms with Crippen LogP contribution in [0.25, 0.3) is 0 Å². The van der Waals surface area contributed by atoms with E-state index in [9.17, 15) is 4.79 Å². The number of hydrogen-bond donors (Lipinski definition) is 1. The van der Waals surface area contributed by atoms with Crippen LogP contribution in [0.15, 0.2) is 12.1 Å². The molecule has 1 aromatic carbocycles. The van der Waals surface area contributed by atoms with Crippen molar-refractivity contribution in [3.05, 3.63) is 17.7 Å². The molecule has 0 aliphatic carbocycles. The van der Waals surface area contributed by atoms with Crippen molar-refractivity contribution in [3.63, 3.8) is 0 Å². The number of nitrogens with two attached hydrogens (primary N) is 1. The van der Waals surface area contributed by atoms with Crippen LogP contribution in [-0.2, 0) is 4.74 Å². The molecule has 2 heterocycles. The smallest absolute Gasteiger partial charge is 0.340 e. The zero-order valence-electron chi connectivity index (χ0n) is 11.4. The maximum atomic E-state index is 12.2. The van der Waals surface area contributed by atoms with Crippen molar-refractivity contribution in [2.24, 2.45) is 0 Å². The van der Waals surface area contributed by atoms with Crippen LogP contribution in [0.5, 0.6) is 11.5 Å². The van der Waals surface area contributed by atoms with Crippen molar-refractivity contribution in [1.29, 1.82) is 0 Å². The highest BCUT2D eigenvalue weighted by Gasteiger charge is 2.24. The molecule has 2 aliphatic heterocycles. The average Bonchev–Trinajstić information content (AvgIpc) is 2.87. The number of likely N-dealkylation sites (tertiary alicyclic amines) is 1. The summed E-state index contributed by atoms with van der Waals surface area (Å²) in [5.74, 6) is 0.711. The van der Waals surface area contributed by atoms with Gasteiger partial charge in [0.1, 0.15) is 6.10 Å². The SMILES string of the molecule is CN1CCC(OC(=O)c2cc3c(cc2N)OCO3)CC1. The largest absolute Gasteiger partial charge is 0.459 e. The lowest BCUT2D eigenvalue weighted by atomic mass is 10.1. The van der Waals surface area contributed by atoms with Gasteiger partial charge < -0.3 is 24.8 Å². The van der Waals surface area contributed by atoms with Crippen LogP contribution in [0.2, 0.25) is 0 Å². The van der Waals surface area contributed by atoms with Crippen molar-refractivity contribution < 1.29 is 19.0 Å². The van der Waals surface area contributed by atoms with Gasteiger partial charge in [-0.25, -0.2) is 4.79 Å². The standard InChI is InChI=1S/C14H18N2O4/c1-16-4-2-9(3-5-16)20-14(17)10-6-12-13(7-11(10)15)19-8-18-12/h6-7,9H,2-5,8,15H2,1H3. The molecule has 0 radical (unpaired) electrons. The lowest BCUT2D eigenvalue weighted by molar-refractivity contribution is 0.0140. The summed E-state index contributed by atoms with van der Waals surface area (Å²) >= 11 is 0. The fraction of sp³-hybridized carbons (Fsp3) is 0.500. The first-order valence-electron chi connectivity index (χ1n) is 6.72. The van der Waals surface area contributed by atoms with E-state index in [1.54, 1.807) is 12.1 Å². The van der Waals surface area contributed by atoms with Crippen LogP contribution >= 0.6 is 0 Å². The third-order valence-electron chi connectivity index (χ3n) is 3.70. The van der Waals surface area contributed by atoms with Gasteiger partial charge in [0.05, 0.1) is 11.3 Å². The summed E-state index contributed by atoms with van der Waals surface area (Å²) in [5.41, 5.74) is 6.57. The molecular weight excluding hydrogens is 260 g/mol. The summed E-state index contributed by atoms with van der Waals surface area (Å²) < 4.78 is 16.0. The number of hydrogen-bond acceptors (Lipinski definition) is 6. The van der Waals surface area contributed by atoms with E-state index >= 15 is 0 Å². The maximum absolute atomic E-state index is 12.2. The highest BCUT2D eigenvalue weighted by molar-refractivity contribution is 5.96. The Morgan fingerprint density at radius 1 is 1.30 bits per heavy atom. The quantitative estimate of drug-likeness (QED) is 0.648. The van der Waals surface area contributed by atoms with E-state index in [1.807, 2.05) is 0 Å². The minimum atomic E-state index is -0.393. The van der Waals surface area contributed by atoms with Crippen molar-refractivity contribution in [2.45, 2.75) is 18.9 Å². The number of fused-ring (bicyclic) bond motifs is 1. The predicted molar refractivity (Wildman–Crippen MR) is 72.9 cm³/mol. The van der Waals surface area contributed by atoms with E-state index in [2.05, 4.69) is 11.9 Å². The molecule has 2 N–H and O–H groups in total. The molecule has 2 aliphatic rings. The molecule has 20 heavy (non-hydrogen) atoms. The van der Waals surface area contributed by atoms with E-state index in [0.29, 0.717) is 22.7 Å². The van der Waals surface area contributed by atoms with Gasteiger partial charge in [0, 0.05) is 25.2 Å². The highest BCUT2D eigenvalue weighted by Crippen LogP contribution is 2.36. The summed E-state index contributed by atoms with van der Waals surface area (Å²) in [4.78, 5) is 14.4. The Morgan fingerprint density at radius 2 is 1.95 bits per heavy atom. The number of rotatable bonds is 2. The first-order valence-corrected chi connectivity index (χ1v) is 6.72. The lowest BCUT2D eigenvalue weighted by Crippen LogP contribution is -2.35. The fourth-order valence-electron chi connectivity index (χ4n) is 2.45. The number of anilines is 1. The molecule has 0 atom stereocenters. The monoisotopic (exact) mass is 278 g/mol. The number of carbonyl (C=O) groups excluding carboxylic acids is 1. The van der Waals surface area contributed by atoms with E-state index < -0.39 is 5.97 Å². The van der Waals surface area contributed by atoms with E-state index in [-0.39, 0.29) is 12.9 Å². The average molecular weight is 278 g/mol. The Bertz CT molecular complexity index is 524. The van der Waals surface area contributed by atoms with Gasteiger partial charge >= 0.3 is 5.97 Å². The number of nitrogen functional groups attached to an aromatic ring is 1. The minimum Gasteiger partial charge on any atom is -0.459 e. The molecule has 0 amide bonds. The van der Waals surface area contributed by atoms with E-state index in [4.69, 9.17) is 19.9 Å². The van der Waals surface area contributed by atoms with Gasteiger partial charge in [-0.05, 0) is 19.9 Å². The Balaban J connectivity index is 1.71. The van der Waals surface area contributed by atoms with E-state index in [0.717, 1.165) is 25.9 Å². The van der Waals surface area contributed by atoms with Gasteiger partial charge in [0.15, 0.2) is 11.5 Å². The molecule has 108 valence electrons. The number of carbonyl (C=O) groups is 1. The van der Waals surface area contributed by atoms with Crippen LogP contribution in [0.1, 0.15) is 23.2 Å². The Hall–Kier alpha value is -1.95. The summed E-state index contributed by atoms with van der Waals surface area (Å²) in [7, 11) is 2.06. The van der Waals surface area contributed by atoms with E-state index in [1.165, 1.54) is 0 Å². The van der Waals surface area contributed by atoms with Gasteiger partial charge in [0.25, 0.3) is 0 Å². The van der Waals surface area contributed by atoms with Crippen LogP contribution in [0.4, 0.5) is 5.69 Å². The third-order valence-corrected chi connectivity index (χ3v) is 3.70. The number of benzene rings is 1. The molecule has 1 aromatic rings. The molecule has 6 nitrogen and oxygen atoms in total.